The highest BCUT2D eigenvalue weighted by molar-refractivity contribution is 6.30. The number of likely N-dealkylation sites (tertiary alicyclic amines) is 1. The molecule has 1 saturated heterocycles. The predicted molar refractivity (Wildman–Crippen MR) is 91.2 cm³/mol. The summed E-state index contributed by atoms with van der Waals surface area (Å²) >= 11 is 6.04. The van der Waals surface area contributed by atoms with E-state index in [4.69, 9.17) is 11.6 Å². The van der Waals surface area contributed by atoms with Crippen LogP contribution in [0, 0.1) is 42.4 Å². The Hall–Kier alpha value is -1.81. The lowest BCUT2D eigenvalue weighted by Gasteiger charge is -2.37. The van der Waals surface area contributed by atoms with Crippen molar-refractivity contribution in [3.8, 4) is 0 Å². The molecule has 5 heteroatoms. The molecule has 0 unspecified atom stereocenters. The number of nitrogens with one attached hydrogen (secondary N) is 1. The number of carbonyl (C=O) groups is 2. The van der Waals surface area contributed by atoms with E-state index >= 15 is 0 Å². The zero-order valence-corrected chi connectivity index (χ0v) is 14.2. The number of rotatable bonds is 3. The molecule has 1 aromatic rings. The van der Waals surface area contributed by atoms with Crippen molar-refractivity contribution in [3.63, 3.8) is 0 Å². The smallest absolute Gasteiger partial charge is 0.235 e. The van der Waals surface area contributed by atoms with Gasteiger partial charge in [0.2, 0.25) is 11.8 Å². The highest BCUT2D eigenvalue weighted by Crippen LogP contribution is 2.65. The van der Waals surface area contributed by atoms with Gasteiger partial charge in [-0.25, -0.2) is 0 Å². The zero-order valence-electron chi connectivity index (χ0n) is 13.4. The van der Waals surface area contributed by atoms with Gasteiger partial charge in [-0.15, -0.1) is 0 Å². The molecule has 6 atom stereocenters. The molecule has 5 aliphatic rings. The Kier molecular flexibility index (Phi) is 2.94. The van der Waals surface area contributed by atoms with Crippen molar-refractivity contribution in [1.29, 1.82) is 0 Å². The summed E-state index contributed by atoms with van der Waals surface area (Å²) in [6, 6.07) is 5.59. The number of benzene rings is 1. The second-order valence-electron chi connectivity index (χ2n) is 7.55. The van der Waals surface area contributed by atoms with E-state index in [1.807, 2.05) is 25.1 Å². The lowest BCUT2D eigenvalue weighted by molar-refractivity contribution is -0.139. The van der Waals surface area contributed by atoms with Crippen LogP contribution >= 0.6 is 11.6 Å². The molecule has 0 radical (unpaired) electrons. The van der Waals surface area contributed by atoms with E-state index in [0.717, 1.165) is 11.3 Å². The van der Waals surface area contributed by atoms with Crippen LogP contribution in [0.3, 0.4) is 0 Å². The quantitative estimate of drug-likeness (QED) is 0.678. The van der Waals surface area contributed by atoms with E-state index < -0.39 is 0 Å². The summed E-state index contributed by atoms with van der Waals surface area (Å²) in [5, 5.41) is 3.86. The largest absolute Gasteiger partial charge is 0.367 e. The molecule has 2 bridgehead atoms. The van der Waals surface area contributed by atoms with Crippen molar-refractivity contribution in [3.05, 3.63) is 40.9 Å². The van der Waals surface area contributed by atoms with Gasteiger partial charge in [0.15, 0.2) is 0 Å². The topological polar surface area (TPSA) is 49.4 Å². The first-order valence-corrected chi connectivity index (χ1v) is 8.97. The van der Waals surface area contributed by atoms with Gasteiger partial charge in [-0.2, -0.15) is 0 Å². The molecule has 124 valence electrons. The number of amides is 2. The van der Waals surface area contributed by atoms with Crippen LogP contribution in [0.5, 0.6) is 0 Å². The number of hydrogen-bond donors (Lipinski definition) is 1. The minimum atomic E-state index is -0.126. The normalized spacial score (nSPS) is 38.3. The van der Waals surface area contributed by atoms with Crippen molar-refractivity contribution in [2.75, 3.05) is 12.0 Å². The average molecular weight is 343 g/mol. The van der Waals surface area contributed by atoms with E-state index in [2.05, 4.69) is 17.5 Å². The van der Waals surface area contributed by atoms with E-state index in [-0.39, 0.29) is 42.2 Å². The minimum Gasteiger partial charge on any atom is -0.367 e. The molecule has 0 spiro atoms. The van der Waals surface area contributed by atoms with Crippen molar-refractivity contribution >= 4 is 29.1 Å². The average Bonchev–Trinajstić information content (AvgIpc) is 3.35. The Morgan fingerprint density at radius 2 is 1.75 bits per heavy atom. The first-order valence-electron chi connectivity index (χ1n) is 8.60. The van der Waals surface area contributed by atoms with Gasteiger partial charge in [-0.05, 0) is 54.7 Å². The fourth-order valence-electron chi connectivity index (χ4n) is 5.12. The highest BCUT2D eigenvalue weighted by Gasteiger charge is 2.66. The Labute approximate surface area is 145 Å². The van der Waals surface area contributed by atoms with Crippen LogP contribution in [0.2, 0.25) is 5.02 Å². The lowest BCUT2D eigenvalue weighted by atomic mass is 9.63. The van der Waals surface area contributed by atoms with E-state index in [0.29, 0.717) is 16.9 Å². The monoisotopic (exact) mass is 342 g/mol. The molecule has 0 aromatic heterocycles. The summed E-state index contributed by atoms with van der Waals surface area (Å²) in [7, 11) is 0. The van der Waals surface area contributed by atoms with E-state index in [1.165, 1.54) is 11.3 Å². The second kappa shape index (κ2) is 4.85. The molecule has 1 aromatic carbocycles. The minimum absolute atomic E-state index is 0.00174. The molecular formula is C19H19ClN2O2. The third kappa shape index (κ3) is 1.86. The molecule has 4 nitrogen and oxygen atoms in total. The third-order valence-electron chi connectivity index (χ3n) is 6.38. The van der Waals surface area contributed by atoms with Crippen LogP contribution < -0.4 is 5.32 Å². The molecule has 1 aliphatic heterocycles. The second-order valence-corrected chi connectivity index (χ2v) is 7.99. The molecule has 1 N–H and O–H groups in total. The molecule has 1 heterocycles. The number of carbonyl (C=O) groups excluding carboxylic acids is 2. The molecule has 4 aliphatic carbocycles. The van der Waals surface area contributed by atoms with E-state index in [1.54, 1.807) is 0 Å². The zero-order chi connectivity index (χ0) is 16.6. The number of imide groups is 1. The van der Waals surface area contributed by atoms with Crippen LogP contribution in [0.25, 0.3) is 0 Å². The fraction of sp³-hybridized carbons (Fsp3) is 0.474. The SMILES string of the molecule is Cc1ccc(Cl)cc1NCN1C(=O)[C@H]2[C@@H]3C=C[C@@H]([C@H]4C[C@H]34)[C@@H]2C1=O. The first kappa shape index (κ1) is 14.5. The Morgan fingerprint density at radius 1 is 1.12 bits per heavy atom. The molecule has 24 heavy (non-hydrogen) atoms. The van der Waals surface area contributed by atoms with Crippen LogP contribution in [-0.2, 0) is 9.59 Å². The van der Waals surface area contributed by atoms with Gasteiger partial charge >= 0.3 is 0 Å². The lowest BCUT2D eigenvalue weighted by Crippen LogP contribution is -2.40. The van der Waals surface area contributed by atoms with Gasteiger partial charge in [-0.3, -0.25) is 14.5 Å². The van der Waals surface area contributed by atoms with Crippen LogP contribution in [0.15, 0.2) is 30.4 Å². The van der Waals surface area contributed by atoms with Gasteiger partial charge in [-0.1, -0.05) is 29.8 Å². The summed E-state index contributed by atoms with van der Waals surface area (Å²) < 4.78 is 0. The number of allylic oxidation sites excluding steroid dienone is 2. The summed E-state index contributed by atoms with van der Waals surface area (Å²) in [4.78, 5) is 27.2. The predicted octanol–water partition coefficient (Wildman–Crippen LogP) is 3.07. The summed E-state index contributed by atoms with van der Waals surface area (Å²) in [6.45, 7) is 2.20. The number of nitrogens with zero attached hydrogens (tertiary/aromatic N) is 1. The summed E-state index contributed by atoms with van der Waals surface area (Å²) in [6.07, 6.45) is 5.59. The maximum Gasteiger partial charge on any atom is 0.235 e. The Bertz CT molecular complexity index is 754. The Morgan fingerprint density at radius 3 is 2.38 bits per heavy atom. The summed E-state index contributed by atoms with van der Waals surface area (Å²) in [5.74, 6) is 1.58. The van der Waals surface area contributed by atoms with Crippen molar-refractivity contribution in [1.82, 2.24) is 4.90 Å². The molecule has 6 rings (SSSR count). The van der Waals surface area contributed by atoms with Gasteiger partial charge in [0.1, 0.15) is 0 Å². The van der Waals surface area contributed by atoms with Gasteiger partial charge < -0.3 is 5.32 Å². The molecule has 2 saturated carbocycles. The summed E-state index contributed by atoms with van der Waals surface area (Å²) in [5.41, 5.74) is 1.90. The van der Waals surface area contributed by atoms with Crippen molar-refractivity contribution in [2.24, 2.45) is 35.5 Å². The molecular weight excluding hydrogens is 324 g/mol. The third-order valence-corrected chi connectivity index (χ3v) is 6.62. The highest BCUT2D eigenvalue weighted by atomic mass is 35.5. The fourth-order valence-corrected chi connectivity index (χ4v) is 5.30. The Balaban J connectivity index is 1.38. The van der Waals surface area contributed by atoms with Crippen LogP contribution in [-0.4, -0.2) is 23.4 Å². The van der Waals surface area contributed by atoms with Crippen LogP contribution in [0.4, 0.5) is 5.69 Å². The van der Waals surface area contributed by atoms with Gasteiger partial charge in [0.25, 0.3) is 0 Å². The number of anilines is 1. The maximum absolute atomic E-state index is 12.9. The van der Waals surface area contributed by atoms with Gasteiger partial charge in [0.05, 0.1) is 18.5 Å². The standard InChI is InChI=1S/C19H19ClN2O2/c1-9-2-3-10(20)6-15(9)21-8-22-18(23)16-11-4-5-12(14-7-13(11)14)17(16)19(22)24/h2-6,11-14,16-17,21H,7-8H2,1H3/t11-,12+,13-,14-,16+,17+/m1/s1. The van der Waals surface area contributed by atoms with Gasteiger partial charge in [0, 0.05) is 10.7 Å². The molecule has 3 fully saturated rings. The number of hydrogen-bond acceptors (Lipinski definition) is 3. The van der Waals surface area contributed by atoms with E-state index in [9.17, 15) is 9.59 Å². The molecule has 2 amide bonds. The first-order chi connectivity index (χ1) is 11.6. The van der Waals surface area contributed by atoms with Crippen molar-refractivity contribution in [2.45, 2.75) is 13.3 Å². The number of halogens is 1. The number of aryl methyl sites for hydroxylation is 1. The van der Waals surface area contributed by atoms with Crippen LogP contribution in [0.1, 0.15) is 12.0 Å². The maximum atomic E-state index is 12.9. The van der Waals surface area contributed by atoms with Crippen molar-refractivity contribution < 1.29 is 9.59 Å².